The lowest BCUT2D eigenvalue weighted by Crippen LogP contribution is -2.44. The molecule has 0 spiro atoms. The maximum Gasteiger partial charge on any atom is 0.326 e. The summed E-state index contributed by atoms with van der Waals surface area (Å²) < 4.78 is 13.1. The van der Waals surface area contributed by atoms with Crippen LogP contribution in [0.1, 0.15) is 32.8 Å². The first-order valence-corrected chi connectivity index (χ1v) is 7.06. The SMILES string of the molecule is CC(CC(=O)NC(C(=O)O)C(C)C)Cc1cccc(F)c1. The highest BCUT2D eigenvalue weighted by atomic mass is 19.1. The van der Waals surface area contributed by atoms with Gasteiger partial charge >= 0.3 is 5.97 Å². The van der Waals surface area contributed by atoms with Crippen LogP contribution in [-0.2, 0) is 16.0 Å². The van der Waals surface area contributed by atoms with Gasteiger partial charge in [-0.15, -0.1) is 0 Å². The largest absolute Gasteiger partial charge is 0.480 e. The van der Waals surface area contributed by atoms with E-state index in [4.69, 9.17) is 5.11 Å². The zero-order valence-electron chi connectivity index (χ0n) is 12.6. The van der Waals surface area contributed by atoms with Crippen molar-refractivity contribution in [2.24, 2.45) is 11.8 Å². The Kier molecular flexibility index (Phi) is 6.34. The normalized spacial score (nSPS) is 13.8. The molecule has 2 N–H and O–H groups in total. The van der Waals surface area contributed by atoms with Crippen LogP contribution in [0.5, 0.6) is 0 Å². The van der Waals surface area contributed by atoms with Gasteiger partial charge in [-0.2, -0.15) is 0 Å². The predicted octanol–water partition coefficient (Wildman–Crippen LogP) is 2.62. The fourth-order valence-electron chi connectivity index (χ4n) is 2.20. The summed E-state index contributed by atoms with van der Waals surface area (Å²) in [7, 11) is 0. The van der Waals surface area contributed by atoms with Crippen LogP contribution in [0.2, 0.25) is 0 Å². The summed E-state index contributed by atoms with van der Waals surface area (Å²) in [6, 6.07) is 5.39. The van der Waals surface area contributed by atoms with Crippen molar-refractivity contribution in [3.05, 3.63) is 35.6 Å². The third-order valence-electron chi connectivity index (χ3n) is 3.26. The van der Waals surface area contributed by atoms with Gasteiger partial charge in [0.2, 0.25) is 5.91 Å². The lowest BCUT2D eigenvalue weighted by molar-refractivity contribution is -0.143. The van der Waals surface area contributed by atoms with Gasteiger partial charge in [0.05, 0.1) is 0 Å². The van der Waals surface area contributed by atoms with Gasteiger partial charge in [-0.1, -0.05) is 32.9 Å². The molecule has 0 fully saturated rings. The summed E-state index contributed by atoms with van der Waals surface area (Å²) in [6.45, 7) is 5.38. The Bertz CT molecular complexity index is 502. The molecule has 0 saturated heterocycles. The molecule has 1 rings (SSSR count). The first-order chi connectivity index (χ1) is 9.79. The lowest BCUT2D eigenvalue weighted by atomic mass is 9.97. The molecule has 0 heterocycles. The molecule has 1 amide bonds. The van der Waals surface area contributed by atoms with E-state index in [0.29, 0.717) is 6.42 Å². The van der Waals surface area contributed by atoms with Gasteiger partial charge in [-0.05, 0) is 36.0 Å². The Labute approximate surface area is 124 Å². The molecule has 116 valence electrons. The van der Waals surface area contributed by atoms with Crippen molar-refractivity contribution in [3.8, 4) is 0 Å². The van der Waals surface area contributed by atoms with E-state index in [0.717, 1.165) is 5.56 Å². The summed E-state index contributed by atoms with van der Waals surface area (Å²) in [6.07, 6.45) is 0.789. The first kappa shape index (κ1) is 17.1. The molecule has 0 aromatic heterocycles. The van der Waals surface area contributed by atoms with E-state index in [9.17, 15) is 14.0 Å². The van der Waals surface area contributed by atoms with E-state index in [1.165, 1.54) is 12.1 Å². The number of carboxylic acid groups (broad SMARTS) is 1. The molecule has 1 aromatic carbocycles. The maximum atomic E-state index is 13.1. The fourth-order valence-corrected chi connectivity index (χ4v) is 2.20. The number of carbonyl (C=O) groups excluding carboxylic acids is 1. The van der Waals surface area contributed by atoms with Crippen LogP contribution >= 0.6 is 0 Å². The van der Waals surface area contributed by atoms with Crippen molar-refractivity contribution in [1.29, 1.82) is 0 Å². The van der Waals surface area contributed by atoms with Crippen molar-refractivity contribution in [2.45, 2.75) is 39.7 Å². The summed E-state index contributed by atoms with van der Waals surface area (Å²) in [5.41, 5.74) is 0.828. The summed E-state index contributed by atoms with van der Waals surface area (Å²) in [5, 5.41) is 11.6. The summed E-state index contributed by atoms with van der Waals surface area (Å²) in [4.78, 5) is 22.9. The van der Waals surface area contributed by atoms with Gasteiger partial charge in [0.15, 0.2) is 0 Å². The minimum atomic E-state index is -1.03. The van der Waals surface area contributed by atoms with Gasteiger partial charge in [0.1, 0.15) is 11.9 Å². The van der Waals surface area contributed by atoms with Gasteiger partial charge in [-0.25, -0.2) is 9.18 Å². The summed E-state index contributed by atoms with van der Waals surface area (Å²) in [5.74, 6) is -1.79. The molecule has 0 aliphatic carbocycles. The molecular formula is C16H22FNO3. The quantitative estimate of drug-likeness (QED) is 0.812. The van der Waals surface area contributed by atoms with Crippen molar-refractivity contribution >= 4 is 11.9 Å². The molecule has 5 heteroatoms. The highest BCUT2D eigenvalue weighted by Gasteiger charge is 2.23. The Morgan fingerprint density at radius 3 is 2.48 bits per heavy atom. The van der Waals surface area contributed by atoms with E-state index >= 15 is 0 Å². The molecule has 2 atom stereocenters. The van der Waals surface area contributed by atoms with Crippen LogP contribution in [0.4, 0.5) is 4.39 Å². The van der Waals surface area contributed by atoms with Crippen molar-refractivity contribution in [3.63, 3.8) is 0 Å². The molecule has 0 saturated carbocycles. The number of hydrogen-bond donors (Lipinski definition) is 2. The Morgan fingerprint density at radius 1 is 1.29 bits per heavy atom. The number of carboxylic acids is 1. The highest BCUT2D eigenvalue weighted by molar-refractivity contribution is 5.83. The van der Waals surface area contributed by atoms with Gasteiger partial charge in [-0.3, -0.25) is 4.79 Å². The Morgan fingerprint density at radius 2 is 1.95 bits per heavy atom. The second-order valence-electron chi connectivity index (χ2n) is 5.77. The number of aliphatic carboxylic acids is 1. The van der Waals surface area contributed by atoms with Crippen LogP contribution in [0.15, 0.2) is 24.3 Å². The standard InChI is InChI=1S/C16H22FNO3/c1-10(2)15(16(20)21)18-14(19)8-11(3)7-12-5-4-6-13(17)9-12/h4-6,9-11,15H,7-8H2,1-3H3,(H,18,19)(H,20,21). The highest BCUT2D eigenvalue weighted by Crippen LogP contribution is 2.13. The van der Waals surface area contributed by atoms with E-state index in [1.54, 1.807) is 19.9 Å². The third-order valence-corrected chi connectivity index (χ3v) is 3.26. The Balaban J connectivity index is 2.52. The van der Waals surface area contributed by atoms with Gasteiger partial charge in [0.25, 0.3) is 0 Å². The van der Waals surface area contributed by atoms with Gasteiger partial charge in [0, 0.05) is 6.42 Å². The number of benzene rings is 1. The van der Waals surface area contributed by atoms with Gasteiger partial charge < -0.3 is 10.4 Å². The number of halogens is 1. The van der Waals surface area contributed by atoms with Crippen molar-refractivity contribution < 1.29 is 19.1 Å². The molecule has 2 unspecified atom stereocenters. The van der Waals surface area contributed by atoms with Crippen LogP contribution in [0, 0.1) is 17.7 Å². The van der Waals surface area contributed by atoms with Crippen LogP contribution < -0.4 is 5.32 Å². The fraction of sp³-hybridized carbons (Fsp3) is 0.500. The lowest BCUT2D eigenvalue weighted by Gasteiger charge is -2.19. The zero-order valence-corrected chi connectivity index (χ0v) is 12.6. The number of hydrogen-bond acceptors (Lipinski definition) is 2. The number of nitrogens with one attached hydrogen (secondary N) is 1. The summed E-state index contributed by atoms with van der Waals surface area (Å²) >= 11 is 0. The van der Waals surface area contributed by atoms with E-state index in [-0.39, 0.29) is 30.0 Å². The molecule has 1 aromatic rings. The van der Waals surface area contributed by atoms with Crippen LogP contribution in [0.25, 0.3) is 0 Å². The molecule has 0 radical (unpaired) electrons. The predicted molar refractivity (Wildman–Crippen MR) is 78.3 cm³/mol. The Hall–Kier alpha value is -1.91. The monoisotopic (exact) mass is 295 g/mol. The average molecular weight is 295 g/mol. The molecule has 4 nitrogen and oxygen atoms in total. The van der Waals surface area contributed by atoms with Crippen LogP contribution in [0.3, 0.4) is 0 Å². The molecule has 0 aliphatic rings. The average Bonchev–Trinajstić information content (AvgIpc) is 2.34. The minimum Gasteiger partial charge on any atom is -0.480 e. The number of amides is 1. The van der Waals surface area contributed by atoms with Crippen molar-refractivity contribution in [2.75, 3.05) is 0 Å². The van der Waals surface area contributed by atoms with E-state index in [2.05, 4.69) is 5.32 Å². The first-order valence-electron chi connectivity index (χ1n) is 7.06. The number of rotatable bonds is 7. The smallest absolute Gasteiger partial charge is 0.326 e. The molecule has 21 heavy (non-hydrogen) atoms. The second kappa shape index (κ2) is 7.76. The number of carbonyl (C=O) groups is 2. The van der Waals surface area contributed by atoms with Crippen molar-refractivity contribution in [1.82, 2.24) is 5.32 Å². The maximum absolute atomic E-state index is 13.1. The second-order valence-corrected chi connectivity index (χ2v) is 5.77. The third kappa shape index (κ3) is 5.94. The minimum absolute atomic E-state index is 0.00778. The molecule has 0 bridgehead atoms. The van der Waals surface area contributed by atoms with E-state index in [1.807, 2.05) is 13.0 Å². The van der Waals surface area contributed by atoms with E-state index < -0.39 is 12.0 Å². The topological polar surface area (TPSA) is 66.4 Å². The molecular weight excluding hydrogens is 273 g/mol. The zero-order chi connectivity index (χ0) is 16.0. The molecule has 0 aliphatic heterocycles. The van der Waals surface area contributed by atoms with Crippen LogP contribution in [-0.4, -0.2) is 23.0 Å².